The average Bonchev–Trinajstić information content (AvgIpc) is 2.45. The molecule has 0 aliphatic carbocycles. The highest BCUT2D eigenvalue weighted by atomic mass is 16.5. The Morgan fingerprint density at radius 3 is 2.67 bits per heavy atom. The summed E-state index contributed by atoms with van der Waals surface area (Å²) in [6, 6.07) is 9.50. The van der Waals surface area contributed by atoms with Crippen LogP contribution < -0.4 is 10.1 Å². The fourth-order valence-corrected chi connectivity index (χ4v) is 1.56. The summed E-state index contributed by atoms with van der Waals surface area (Å²) >= 11 is 0. The average molecular weight is 245 g/mol. The summed E-state index contributed by atoms with van der Waals surface area (Å²) in [4.78, 5) is 8.30. The largest absolute Gasteiger partial charge is 0.497 e. The molecule has 1 aromatic heterocycles. The number of nitrogens with one attached hydrogen (secondary N) is 1. The van der Waals surface area contributed by atoms with E-state index >= 15 is 0 Å². The number of hydrogen-bond acceptors (Lipinski definition) is 5. The van der Waals surface area contributed by atoms with E-state index in [-0.39, 0.29) is 6.61 Å². The molecule has 1 heterocycles. The van der Waals surface area contributed by atoms with E-state index in [1.165, 1.54) is 6.33 Å². The second-order valence-corrected chi connectivity index (χ2v) is 3.67. The van der Waals surface area contributed by atoms with Crippen LogP contribution in [0.2, 0.25) is 0 Å². The first-order chi connectivity index (χ1) is 8.83. The summed E-state index contributed by atoms with van der Waals surface area (Å²) in [5, 5.41) is 11.8. The molecule has 2 rings (SSSR count). The normalized spacial score (nSPS) is 10.1. The second-order valence-electron chi connectivity index (χ2n) is 3.67. The molecule has 2 aromatic rings. The Labute approximate surface area is 105 Å². The van der Waals surface area contributed by atoms with E-state index in [1.807, 2.05) is 30.3 Å². The number of methoxy groups -OCH3 is 1. The molecule has 2 N–H and O–H groups in total. The molecule has 0 bridgehead atoms. The minimum atomic E-state index is 0.0713. The predicted molar refractivity (Wildman–Crippen MR) is 69.6 cm³/mol. The van der Waals surface area contributed by atoms with Crippen molar-refractivity contribution in [3.63, 3.8) is 0 Å². The standard InChI is InChI=1S/C13H15N3O2/c1-18-11-4-2-10(3-5-11)12-8-13(14-6-7-17)16-9-15-12/h2-5,8-9,17H,6-7H2,1H3,(H,14,15,16). The van der Waals surface area contributed by atoms with Gasteiger partial charge >= 0.3 is 0 Å². The van der Waals surface area contributed by atoms with Crippen molar-refractivity contribution in [2.24, 2.45) is 0 Å². The number of ether oxygens (including phenoxy) is 1. The molecule has 0 fully saturated rings. The fraction of sp³-hybridized carbons (Fsp3) is 0.231. The zero-order valence-electron chi connectivity index (χ0n) is 10.1. The number of rotatable bonds is 5. The van der Waals surface area contributed by atoms with E-state index in [9.17, 15) is 0 Å². The first kappa shape index (κ1) is 12.3. The molecule has 0 spiro atoms. The van der Waals surface area contributed by atoms with Gasteiger partial charge in [0.2, 0.25) is 0 Å². The zero-order chi connectivity index (χ0) is 12.8. The Balaban J connectivity index is 2.20. The van der Waals surface area contributed by atoms with E-state index in [0.29, 0.717) is 12.4 Å². The summed E-state index contributed by atoms with van der Waals surface area (Å²) in [6.45, 7) is 0.543. The van der Waals surface area contributed by atoms with Crippen molar-refractivity contribution in [3.8, 4) is 17.0 Å². The van der Waals surface area contributed by atoms with Gasteiger partial charge in [-0.2, -0.15) is 0 Å². The number of nitrogens with zero attached hydrogens (tertiary/aromatic N) is 2. The topological polar surface area (TPSA) is 67.3 Å². The first-order valence-corrected chi connectivity index (χ1v) is 5.64. The minimum absolute atomic E-state index is 0.0713. The summed E-state index contributed by atoms with van der Waals surface area (Å²) in [7, 11) is 1.64. The van der Waals surface area contributed by atoms with Crippen LogP contribution in [-0.2, 0) is 0 Å². The van der Waals surface area contributed by atoms with Gasteiger partial charge in [0.05, 0.1) is 19.4 Å². The van der Waals surface area contributed by atoms with Crippen molar-refractivity contribution in [1.29, 1.82) is 0 Å². The van der Waals surface area contributed by atoms with Crippen LogP contribution in [0, 0.1) is 0 Å². The third-order valence-corrected chi connectivity index (χ3v) is 2.47. The maximum absolute atomic E-state index is 8.75. The predicted octanol–water partition coefficient (Wildman–Crippen LogP) is 1.56. The number of aliphatic hydroxyl groups excluding tert-OH is 1. The lowest BCUT2D eigenvalue weighted by molar-refractivity contribution is 0.311. The van der Waals surface area contributed by atoms with Crippen LogP contribution in [-0.4, -0.2) is 35.3 Å². The zero-order valence-corrected chi connectivity index (χ0v) is 10.1. The molecule has 0 aliphatic heterocycles. The third kappa shape index (κ3) is 2.95. The Hall–Kier alpha value is -2.14. The van der Waals surface area contributed by atoms with Crippen molar-refractivity contribution in [2.75, 3.05) is 25.6 Å². The molecule has 94 valence electrons. The first-order valence-electron chi connectivity index (χ1n) is 5.64. The van der Waals surface area contributed by atoms with E-state index in [0.717, 1.165) is 17.0 Å². The van der Waals surface area contributed by atoms with Gasteiger partial charge in [-0.1, -0.05) is 0 Å². The van der Waals surface area contributed by atoms with Crippen LogP contribution in [0.25, 0.3) is 11.3 Å². The SMILES string of the molecule is COc1ccc(-c2cc(NCCO)ncn2)cc1. The van der Waals surface area contributed by atoms with Gasteiger partial charge in [0, 0.05) is 18.2 Å². The smallest absolute Gasteiger partial charge is 0.130 e. The number of benzene rings is 1. The summed E-state index contributed by atoms with van der Waals surface area (Å²) in [6.07, 6.45) is 1.50. The van der Waals surface area contributed by atoms with Gasteiger partial charge < -0.3 is 15.2 Å². The summed E-state index contributed by atoms with van der Waals surface area (Å²) < 4.78 is 5.11. The molecule has 0 atom stereocenters. The van der Waals surface area contributed by atoms with Crippen LogP contribution >= 0.6 is 0 Å². The lowest BCUT2D eigenvalue weighted by atomic mass is 10.1. The van der Waals surface area contributed by atoms with Crippen LogP contribution in [0.1, 0.15) is 0 Å². The third-order valence-electron chi connectivity index (χ3n) is 2.47. The van der Waals surface area contributed by atoms with Gasteiger partial charge in [-0.05, 0) is 24.3 Å². The molecule has 0 radical (unpaired) electrons. The Morgan fingerprint density at radius 2 is 2.00 bits per heavy atom. The second kappa shape index (κ2) is 5.97. The molecule has 0 unspecified atom stereocenters. The highest BCUT2D eigenvalue weighted by Gasteiger charge is 2.02. The minimum Gasteiger partial charge on any atom is -0.497 e. The lowest BCUT2D eigenvalue weighted by Crippen LogP contribution is -2.07. The van der Waals surface area contributed by atoms with Gasteiger partial charge in [0.25, 0.3) is 0 Å². The molecular weight excluding hydrogens is 230 g/mol. The molecule has 0 amide bonds. The number of aromatic nitrogens is 2. The highest BCUT2D eigenvalue weighted by Crippen LogP contribution is 2.21. The Bertz CT molecular complexity index is 500. The van der Waals surface area contributed by atoms with Gasteiger partial charge in [-0.15, -0.1) is 0 Å². The molecule has 18 heavy (non-hydrogen) atoms. The molecule has 0 saturated heterocycles. The summed E-state index contributed by atoms with van der Waals surface area (Å²) in [5.74, 6) is 1.51. The van der Waals surface area contributed by atoms with Gasteiger partial charge in [-0.25, -0.2) is 9.97 Å². The maximum atomic E-state index is 8.75. The molecule has 5 heteroatoms. The molecule has 0 saturated carbocycles. The quantitative estimate of drug-likeness (QED) is 0.836. The van der Waals surface area contributed by atoms with Crippen molar-refractivity contribution in [1.82, 2.24) is 9.97 Å². The van der Waals surface area contributed by atoms with Crippen LogP contribution in [0.3, 0.4) is 0 Å². The van der Waals surface area contributed by atoms with Crippen LogP contribution in [0.5, 0.6) is 5.75 Å². The van der Waals surface area contributed by atoms with E-state index in [1.54, 1.807) is 7.11 Å². The molecule has 1 aromatic carbocycles. The lowest BCUT2D eigenvalue weighted by Gasteiger charge is -2.06. The Kier molecular flexibility index (Phi) is 4.09. The van der Waals surface area contributed by atoms with Crippen LogP contribution in [0.4, 0.5) is 5.82 Å². The van der Waals surface area contributed by atoms with E-state index in [2.05, 4.69) is 15.3 Å². The van der Waals surface area contributed by atoms with Gasteiger partial charge in [-0.3, -0.25) is 0 Å². The van der Waals surface area contributed by atoms with Crippen LogP contribution in [0.15, 0.2) is 36.7 Å². The number of aliphatic hydroxyl groups is 1. The van der Waals surface area contributed by atoms with Gasteiger partial charge in [0.15, 0.2) is 0 Å². The molecule has 5 nitrogen and oxygen atoms in total. The molecule has 0 aliphatic rings. The maximum Gasteiger partial charge on any atom is 0.130 e. The van der Waals surface area contributed by atoms with E-state index < -0.39 is 0 Å². The van der Waals surface area contributed by atoms with E-state index in [4.69, 9.17) is 9.84 Å². The molecular formula is C13H15N3O2. The monoisotopic (exact) mass is 245 g/mol. The number of hydrogen-bond donors (Lipinski definition) is 2. The highest BCUT2D eigenvalue weighted by molar-refractivity contribution is 5.62. The summed E-state index contributed by atoms with van der Waals surface area (Å²) in [5.41, 5.74) is 1.82. The van der Waals surface area contributed by atoms with Gasteiger partial charge in [0.1, 0.15) is 17.9 Å². The van der Waals surface area contributed by atoms with Crippen molar-refractivity contribution < 1.29 is 9.84 Å². The Morgan fingerprint density at radius 1 is 1.22 bits per heavy atom. The van der Waals surface area contributed by atoms with Crippen molar-refractivity contribution in [3.05, 3.63) is 36.7 Å². The van der Waals surface area contributed by atoms with Crippen molar-refractivity contribution >= 4 is 5.82 Å². The van der Waals surface area contributed by atoms with Crippen molar-refractivity contribution in [2.45, 2.75) is 0 Å². The fourth-order valence-electron chi connectivity index (χ4n) is 1.56. The number of anilines is 1.